The van der Waals surface area contributed by atoms with Gasteiger partial charge in [-0.2, -0.15) is 0 Å². The van der Waals surface area contributed by atoms with Crippen LogP contribution in [0.5, 0.6) is 5.75 Å². The van der Waals surface area contributed by atoms with Gasteiger partial charge in [-0.3, -0.25) is 14.4 Å². The summed E-state index contributed by atoms with van der Waals surface area (Å²) in [5.41, 5.74) is 3.40. The molecule has 4 rings (SSSR count). The molecule has 7 heteroatoms. The zero-order valence-corrected chi connectivity index (χ0v) is 18.1. The van der Waals surface area contributed by atoms with Gasteiger partial charge < -0.3 is 15.4 Å². The molecule has 1 heterocycles. The van der Waals surface area contributed by atoms with E-state index >= 15 is 0 Å². The van der Waals surface area contributed by atoms with Gasteiger partial charge in [-0.1, -0.05) is 29.8 Å². The van der Waals surface area contributed by atoms with Crippen LogP contribution in [0.3, 0.4) is 0 Å². The van der Waals surface area contributed by atoms with Gasteiger partial charge in [0.25, 0.3) is 0 Å². The van der Waals surface area contributed by atoms with Gasteiger partial charge in [0, 0.05) is 34.8 Å². The van der Waals surface area contributed by atoms with E-state index in [1.165, 1.54) is 0 Å². The van der Waals surface area contributed by atoms with Crippen molar-refractivity contribution in [3.63, 3.8) is 0 Å². The summed E-state index contributed by atoms with van der Waals surface area (Å²) in [6.45, 7) is 1.87. The number of anilines is 1. The van der Waals surface area contributed by atoms with E-state index in [0.29, 0.717) is 34.8 Å². The number of ketones is 1. The first kappa shape index (κ1) is 21.1. The average Bonchev–Trinajstić information content (AvgIpc) is 2.75. The molecule has 2 amide bonds. The van der Waals surface area contributed by atoms with Crippen molar-refractivity contribution < 1.29 is 19.1 Å². The van der Waals surface area contributed by atoms with E-state index in [1.807, 2.05) is 31.2 Å². The summed E-state index contributed by atoms with van der Waals surface area (Å²) in [4.78, 5) is 38.4. The molecular formula is C24H23ClN2O4. The molecule has 1 aliphatic carbocycles. The van der Waals surface area contributed by atoms with Crippen molar-refractivity contribution in [1.29, 1.82) is 0 Å². The van der Waals surface area contributed by atoms with E-state index in [1.54, 1.807) is 25.3 Å². The molecule has 0 unspecified atom stereocenters. The Bertz CT molecular complexity index is 1090. The Kier molecular flexibility index (Phi) is 5.83. The van der Waals surface area contributed by atoms with Crippen molar-refractivity contribution in [2.75, 3.05) is 12.4 Å². The highest BCUT2D eigenvalue weighted by molar-refractivity contribution is 6.31. The molecular weight excluding hydrogens is 416 g/mol. The van der Waals surface area contributed by atoms with Gasteiger partial charge in [-0.25, -0.2) is 0 Å². The summed E-state index contributed by atoms with van der Waals surface area (Å²) in [7, 11) is 1.60. The third-order valence-electron chi connectivity index (χ3n) is 5.88. The summed E-state index contributed by atoms with van der Waals surface area (Å²) in [5, 5.41) is 6.17. The molecule has 0 aromatic heterocycles. The van der Waals surface area contributed by atoms with Crippen LogP contribution in [0.15, 0.2) is 53.7 Å². The number of benzene rings is 2. The molecule has 0 bridgehead atoms. The average molecular weight is 439 g/mol. The third-order valence-corrected chi connectivity index (χ3v) is 6.29. The normalized spacial score (nSPS) is 20.7. The molecule has 2 atom stereocenters. The fourth-order valence-electron chi connectivity index (χ4n) is 4.20. The molecule has 1 aliphatic heterocycles. The second-order valence-electron chi connectivity index (χ2n) is 7.95. The Labute approximate surface area is 185 Å². The Morgan fingerprint density at radius 1 is 1.10 bits per heavy atom. The maximum absolute atomic E-state index is 13.1. The number of halogens is 1. The summed E-state index contributed by atoms with van der Waals surface area (Å²) < 4.78 is 5.19. The van der Waals surface area contributed by atoms with E-state index in [2.05, 4.69) is 10.6 Å². The van der Waals surface area contributed by atoms with Gasteiger partial charge in [0.1, 0.15) is 5.75 Å². The predicted molar refractivity (Wildman–Crippen MR) is 118 cm³/mol. The lowest BCUT2D eigenvalue weighted by Crippen LogP contribution is -2.43. The van der Waals surface area contributed by atoms with Gasteiger partial charge in [0.2, 0.25) is 11.8 Å². The van der Waals surface area contributed by atoms with Gasteiger partial charge in [-0.15, -0.1) is 0 Å². The van der Waals surface area contributed by atoms with Crippen LogP contribution in [0, 0.1) is 12.8 Å². The van der Waals surface area contributed by atoms with Gasteiger partial charge in [0.15, 0.2) is 5.78 Å². The first-order chi connectivity index (χ1) is 14.9. The minimum atomic E-state index is -0.812. The fourth-order valence-corrected chi connectivity index (χ4v) is 4.38. The van der Waals surface area contributed by atoms with Crippen LogP contribution in [-0.2, 0) is 14.4 Å². The maximum atomic E-state index is 13.1. The van der Waals surface area contributed by atoms with Crippen LogP contribution in [0.2, 0.25) is 5.02 Å². The molecule has 6 nitrogen and oxygen atoms in total. The van der Waals surface area contributed by atoms with Crippen LogP contribution in [0.25, 0.3) is 0 Å². The minimum absolute atomic E-state index is 0.0524. The number of allylic oxidation sites excluding steroid dienone is 1. The molecule has 2 aromatic rings. The van der Waals surface area contributed by atoms with Crippen LogP contribution >= 0.6 is 11.6 Å². The first-order valence-corrected chi connectivity index (χ1v) is 10.5. The SMILES string of the molecule is COc1ccc([C@H]2CC(=O)C3=C(C2)NC(=O)C[C@H]3C(=O)Nc2ccc(C)c(Cl)c2)cc1. The molecule has 0 radical (unpaired) electrons. The number of nitrogens with one attached hydrogen (secondary N) is 2. The van der Waals surface area contributed by atoms with Crippen molar-refractivity contribution >= 4 is 34.9 Å². The zero-order valence-electron chi connectivity index (χ0n) is 17.3. The standard InChI is InChI=1S/C24H23ClN2O4/c1-13-3-6-16(11-19(13)25)26-24(30)18-12-22(29)27-20-9-15(10-21(28)23(18)20)14-4-7-17(31-2)8-5-14/h3-8,11,15,18H,9-10,12H2,1-2H3,(H,26,30)(H,27,29)/t15-,18-/m1/s1. The number of amides is 2. The molecule has 0 fully saturated rings. The molecule has 2 N–H and O–H groups in total. The monoisotopic (exact) mass is 438 g/mol. The molecule has 0 saturated heterocycles. The summed E-state index contributed by atoms with van der Waals surface area (Å²) >= 11 is 6.15. The highest BCUT2D eigenvalue weighted by atomic mass is 35.5. The summed E-state index contributed by atoms with van der Waals surface area (Å²) in [6.07, 6.45) is 0.740. The topological polar surface area (TPSA) is 84.5 Å². The van der Waals surface area contributed by atoms with E-state index in [4.69, 9.17) is 16.3 Å². The number of Topliss-reactive ketones (excluding diaryl/α,β-unsaturated/α-hetero) is 1. The number of methoxy groups -OCH3 is 1. The van der Waals surface area contributed by atoms with E-state index in [0.717, 1.165) is 16.9 Å². The van der Waals surface area contributed by atoms with E-state index in [-0.39, 0.29) is 29.9 Å². The maximum Gasteiger partial charge on any atom is 0.232 e. The van der Waals surface area contributed by atoms with Crippen molar-refractivity contribution in [1.82, 2.24) is 5.32 Å². The molecule has 31 heavy (non-hydrogen) atoms. The van der Waals surface area contributed by atoms with Crippen LogP contribution in [0.4, 0.5) is 5.69 Å². The number of ether oxygens (including phenoxy) is 1. The van der Waals surface area contributed by atoms with Crippen molar-refractivity contribution in [2.24, 2.45) is 5.92 Å². The van der Waals surface area contributed by atoms with Gasteiger partial charge >= 0.3 is 0 Å². The molecule has 0 spiro atoms. The second-order valence-corrected chi connectivity index (χ2v) is 8.36. The van der Waals surface area contributed by atoms with E-state index < -0.39 is 5.92 Å². The Hall–Kier alpha value is -3.12. The Morgan fingerprint density at radius 2 is 1.84 bits per heavy atom. The van der Waals surface area contributed by atoms with Crippen LogP contribution in [-0.4, -0.2) is 24.7 Å². The third kappa shape index (κ3) is 4.35. The van der Waals surface area contributed by atoms with Gasteiger partial charge in [-0.05, 0) is 54.7 Å². The van der Waals surface area contributed by atoms with Crippen molar-refractivity contribution in [2.45, 2.75) is 32.1 Å². The second kappa shape index (κ2) is 8.55. The molecule has 160 valence electrons. The van der Waals surface area contributed by atoms with E-state index in [9.17, 15) is 14.4 Å². The quantitative estimate of drug-likeness (QED) is 0.751. The molecule has 0 saturated carbocycles. The van der Waals surface area contributed by atoms with Gasteiger partial charge in [0.05, 0.1) is 13.0 Å². The smallest absolute Gasteiger partial charge is 0.232 e. The number of rotatable bonds is 4. The molecule has 2 aliphatic rings. The predicted octanol–water partition coefficient (Wildman–Crippen LogP) is 4.13. The first-order valence-electron chi connectivity index (χ1n) is 10.1. The summed E-state index contributed by atoms with van der Waals surface area (Å²) in [5.74, 6) is -0.875. The number of carbonyl (C=O) groups excluding carboxylic acids is 3. The van der Waals surface area contributed by atoms with Crippen molar-refractivity contribution in [3.8, 4) is 5.75 Å². The minimum Gasteiger partial charge on any atom is -0.497 e. The lowest BCUT2D eigenvalue weighted by atomic mass is 9.75. The number of hydrogen-bond donors (Lipinski definition) is 2. The Balaban J connectivity index is 1.58. The molecule has 2 aromatic carbocycles. The number of hydrogen-bond acceptors (Lipinski definition) is 4. The highest BCUT2D eigenvalue weighted by Gasteiger charge is 2.40. The zero-order chi connectivity index (χ0) is 22.1. The lowest BCUT2D eigenvalue weighted by Gasteiger charge is -2.33. The Morgan fingerprint density at radius 3 is 2.52 bits per heavy atom. The van der Waals surface area contributed by atoms with Crippen LogP contribution < -0.4 is 15.4 Å². The van der Waals surface area contributed by atoms with Crippen LogP contribution in [0.1, 0.15) is 36.3 Å². The fraction of sp³-hybridized carbons (Fsp3) is 0.292. The summed E-state index contributed by atoms with van der Waals surface area (Å²) in [6, 6.07) is 12.8. The number of carbonyl (C=O) groups is 3. The number of aryl methyl sites for hydroxylation is 1. The van der Waals surface area contributed by atoms with Crippen molar-refractivity contribution in [3.05, 3.63) is 69.9 Å². The lowest BCUT2D eigenvalue weighted by molar-refractivity contribution is -0.129. The highest BCUT2D eigenvalue weighted by Crippen LogP contribution is 2.39. The largest absolute Gasteiger partial charge is 0.497 e.